The summed E-state index contributed by atoms with van der Waals surface area (Å²) < 4.78 is 48.8. The Morgan fingerprint density at radius 2 is 1.97 bits per heavy atom. The summed E-state index contributed by atoms with van der Waals surface area (Å²) in [7, 11) is -2.34. The Kier molecular flexibility index (Phi) is 8.34. The molecule has 32 heavy (non-hydrogen) atoms. The van der Waals surface area contributed by atoms with Crippen LogP contribution in [0.15, 0.2) is 29.2 Å². The van der Waals surface area contributed by atoms with Gasteiger partial charge in [-0.1, -0.05) is 13.8 Å². The minimum absolute atomic E-state index is 0.0156. The molecule has 0 spiro atoms. The van der Waals surface area contributed by atoms with Gasteiger partial charge >= 0.3 is 6.09 Å². The molecule has 0 bridgehead atoms. The monoisotopic (exact) mass is 472 g/mol. The van der Waals surface area contributed by atoms with E-state index >= 15 is 0 Å². The number of sulfonamides is 1. The van der Waals surface area contributed by atoms with Crippen molar-refractivity contribution in [3.05, 3.63) is 24.3 Å². The lowest BCUT2D eigenvalue weighted by atomic mass is 10.0. The zero-order valence-electron chi connectivity index (χ0n) is 18.6. The lowest BCUT2D eigenvalue weighted by Gasteiger charge is -2.26. The van der Waals surface area contributed by atoms with Gasteiger partial charge in [0.2, 0.25) is 10.0 Å². The summed E-state index contributed by atoms with van der Waals surface area (Å²) in [4.78, 5) is 12.3. The molecule has 1 amide bonds. The third kappa shape index (κ3) is 6.10. The third-order valence-electron chi connectivity index (χ3n) is 5.41. The van der Waals surface area contributed by atoms with Crippen LogP contribution in [-0.2, 0) is 24.2 Å². The van der Waals surface area contributed by atoms with Gasteiger partial charge in [-0.25, -0.2) is 13.2 Å². The van der Waals surface area contributed by atoms with Crippen LogP contribution in [-0.4, -0.2) is 82.4 Å². The van der Waals surface area contributed by atoms with Gasteiger partial charge in [0.05, 0.1) is 37.2 Å². The van der Waals surface area contributed by atoms with Crippen LogP contribution in [0.2, 0.25) is 0 Å². The molecule has 4 atom stereocenters. The van der Waals surface area contributed by atoms with E-state index in [9.17, 15) is 18.3 Å². The number of alkyl carbamates (subject to hydrolysis) is 1. The molecule has 11 heteroatoms. The van der Waals surface area contributed by atoms with Gasteiger partial charge in [-0.15, -0.1) is 0 Å². The molecule has 0 aliphatic carbocycles. The zero-order chi connectivity index (χ0) is 23.3. The standard InChI is InChI=1S/C21H32N2O8S/c1-14(2)11-23(32(26,27)17-6-4-16(28-3)5-7-17)12-15(24)10-22-21(25)31-19-13-30-20-18(19)8-9-29-20/h4-7,14-15,18-20,24H,8-13H2,1-3H3,(H,22,25)/t15-,18-,19?,20+/m0/s1. The lowest BCUT2D eigenvalue weighted by molar-refractivity contribution is -0.0907. The number of hydrogen-bond donors (Lipinski definition) is 2. The number of rotatable bonds is 10. The first-order valence-electron chi connectivity index (χ1n) is 10.7. The summed E-state index contributed by atoms with van der Waals surface area (Å²) >= 11 is 0. The van der Waals surface area contributed by atoms with Gasteiger partial charge in [0.25, 0.3) is 0 Å². The minimum Gasteiger partial charge on any atom is -0.497 e. The second-order valence-corrected chi connectivity index (χ2v) is 10.3. The minimum atomic E-state index is -3.84. The highest BCUT2D eigenvalue weighted by atomic mass is 32.2. The normalized spacial score (nSPS) is 23.9. The smallest absolute Gasteiger partial charge is 0.407 e. The van der Waals surface area contributed by atoms with Gasteiger partial charge in [-0.2, -0.15) is 4.31 Å². The van der Waals surface area contributed by atoms with E-state index in [1.165, 1.54) is 23.5 Å². The maximum absolute atomic E-state index is 13.1. The van der Waals surface area contributed by atoms with Crippen LogP contribution in [0.4, 0.5) is 4.79 Å². The molecule has 10 nitrogen and oxygen atoms in total. The van der Waals surface area contributed by atoms with Gasteiger partial charge in [0, 0.05) is 19.6 Å². The number of carbonyl (C=O) groups excluding carboxylic acids is 1. The highest BCUT2D eigenvalue weighted by molar-refractivity contribution is 7.89. The van der Waals surface area contributed by atoms with Crippen molar-refractivity contribution in [1.82, 2.24) is 9.62 Å². The van der Waals surface area contributed by atoms with Gasteiger partial charge < -0.3 is 29.4 Å². The van der Waals surface area contributed by atoms with Crippen molar-refractivity contribution in [3.8, 4) is 5.75 Å². The zero-order valence-corrected chi connectivity index (χ0v) is 19.4. The maximum atomic E-state index is 13.1. The number of fused-ring (bicyclic) bond motifs is 1. The predicted octanol–water partition coefficient (Wildman–Crippen LogP) is 1.19. The van der Waals surface area contributed by atoms with Gasteiger partial charge in [-0.05, 0) is 36.6 Å². The molecule has 1 aromatic carbocycles. The Hall–Kier alpha value is -1.92. The Bertz CT molecular complexity index is 861. The molecule has 180 valence electrons. The number of aliphatic hydroxyl groups is 1. The van der Waals surface area contributed by atoms with Crippen LogP contribution in [0.3, 0.4) is 0 Å². The van der Waals surface area contributed by atoms with Crippen LogP contribution >= 0.6 is 0 Å². The Labute approximate surface area is 188 Å². The molecule has 1 unspecified atom stereocenters. The fourth-order valence-corrected chi connectivity index (χ4v) is 5.44. The molecule has 3 rings (SSSR count). The summed E-state index contributed by atoms with van der Waals surface area (Å²) in [6.07, 6.45) is -1.76. The van der Waals surface area contributed by atoms with Crippen molar-refractivity contribution >= 4 is 16.1 Å². The van der Waals surface area contributed by atoms with Gasteiger partial charge in [0.1, 0.15) is 11.9 Å². The van der Waals surface area contributed by atoms with Crippen molar-refractivity contribution in [1.29, 1.82) is 0 Å². The quantitative estimate of drug-likeness (QED) is 0.521. The van der Waals surface area contributed by atoms with Crippen LogP contribution < -0.4 is 10.1 Å². The molecule has 2 N–H and O–H groups in total. The van der Waals surface area contributed by atoms with Gasteiger partial charge in [-0.3, -0.25) is 0 Å². The van der Waals surface area contributed by atoms with Crippen molar-refractivity contribution < 1.29 is 37.3 Å². The first-order valence-corrected chi connectivity index (χ1v) is 12.1. The number of benzene rings is 1. The van der Waals surface area contributed by atoms with E-state index in [0.717, 1.165) is 6.42 Å². The highest BCUT2D eigenvalue weighted by Gasteiger charge is 2.43. The average molecular weight is 473 g/mol. The summed E-state index contributed by atoms with van der Waals surface area (Å²) in [5.74, 6) is 0.601. The topological polar surface area (TPSA) is 124 Å². The second kappa shape index (κ2) is 10.8. The molecule has 1 aromatic rings. The molecule has 0 radical (unpaired) electrons. The molecule has 2 aliphatic rings. The average Bonchev–Trinajstić information content (AvgIpc) is 3.37. The fraction of sp³-hybridized carbons (Fsp3) is 0.667. The van der Waals surface area contributed by atoms with Crippen molar-refractivity contribution in [2.45, 2.75) is 43.7 Å². The largest absolute Gasteiger partial charge is 0.497 e. The predicted molar refractivity (Wildman–Crippen MR) is 115 cm³/mol. The van der Waals surface area contributed by atoms with Crippen LogP contribution in [0.25, 0.3) is 0 Å². The Morgan fingerprint density at radius 3 is 2.62 bits per heavy atom. The SMILES string of the molecule is COc1ccc(S(=O)(=O)N(CC(C)C)C[C@@H](O)CNC(=O)OC2CO[C@H]3OCC[C@@H]23)cc1. The maximum Gasteiger partial charge on any atom is 0.407 e. The second-order valence-electron chi connectivity index (χ2n) is 8.39. The number of amides is 1. The third-order valence-corrected chi connectivity index (χ3v) is 7.25. The molecule has 0 saturated carbocycles. The Balaban J connectivity index is 1.55. The number of aliphatic hydroxyl groups excluding tert-OH is 1. The van der Waals surface area contributed by atoms with Crippen molar-refractivity contribution in [2.75, 3.05) is 40.0 Å². The van der Waals surface area contributed by atoms with Gasteiger partial charge in [0.15, 0.2) is 6.29 Å². The molecule has 2 saturated heterocycles. The molecule has 0 aromatic heterocycles. The highest BCUT2D eigenvalue weighted by Crippen LogP contribution is 2.32. The number of nitrogens with zero attached hydrogens (tertiary/aromatic N) is 1. The summed E-state index contributed by atoms with van der Waals surface area (Å²) in [6.45, 7) is 4.53. The summed E-state index contributed by atoms with van der Waals surface area (Å²) in [6, 6.07) is 6.07. The van der Waals surface area contributed by atoms with E-state index in [1.54, 1.807) is 12.1 Å². The van der Waals surface area contributed by atoms with Crippen LogP contribution in [0.1, 0.15) is 20.3 Å². The van der Waals surface area contributed by atoms with Crippen LogP contribution in [0.5, 0.6) is 5.75 Å². The molecule has 2 heterocycles. The first-order chi connectivity index (χ1) is 15.2. The molecular formula is C21H32N2O8S. The Morgan fingerprint density at radius 1 is 1.25 bits per heavy atom. The van der Waals surface area contributed by atoms with Crippen molar-refractivity contribution in [3.63, 3.8) is 0 Å². The van der Waals surface area contributed by atoms with E-state index in [4.69, 9.17) is 18.9 Å². The van der Waals surface area contributed by atoms with E-state index in [2.05, 4.69) is 5.32 Å². The summed E-state index contributed by atoms with van der Waals surface area (Å²) in [5.41, 5.74) is 0. The van der Waals surface area contributed by atoms with E-state index in [1.807, 2.05) is 13.8 Å². The van der Waals surface area contributed by atoms with E-state index in [-0.39, 0.29) is 49.3 Å². The van der Waals surface area contributed by atoms with E-state index in [0.29, 0.717) is 12.4 Å². The first kappa shape index (κ1) is 24.7. The van der Waals surface area contributed by atoms with Crippen LogP contribution in [0, 0.1) is 11.8 Å². The fourth-order valence-electron chi connectivity index (χ4n) is 3.80. The number of nitrogens with one attached hydrogen (secondary N) is 1. The number of hydrogen-bond acceptors (Lipinski definition) is 8. The number of carbonyl (C=O) groups is 1. The summed E-state index contributed by atoms with van der Waals surface area (Å²) in [5, 5.41) is 13.0. The molecular weight excluding hydrogens is 440 g/mol. The molecule has 2 fully saturated rings. The lowest BCUT2D eigenvalue weighted by Crippen LogP contribution is -2.44. The van der Waals surface area contributed by atoms with Crippen molar-refractivity contribution in [2.24, 2.45) is 11.8 Å². The number of ether oxygens (including phenoxy) is 4. The number of methoxy groups -OCH3 is 1. The van der Waals surface area contributed by atoms with E-state index < -0.39 is 28.3 Å². The molecule has 2 aliphatic heterocycles.